The van der Waals surface area contributed by atoms with Crippen LogP contribution in [0.3, 0.4) is 0 Å². The summed E-state index contributed by atoms with van der Waals surface area (Å²) in [6.07, 6.45) is 3.71. The third-order valence-electron chi connectivity index (χ3n) is 3.93. The molecule has 0 unspecified atom stereocenters. The minimum Gasteiger partial charge on any atom is -0.330 e. The zero-order chi connectivity index (χ0) is 20.8. The molecule has 0 saturated carbocycles. The number of hydrogen-bond acceptors (Lipinski definition) is 3. The number of rotatable bonds is 7. The maximum absolute atomic E-state index is 12.6. The molecule has 2 amide bonds. The van der Waals surface area contributed by atoms with Gasteiger partial charge in [-0.1, -0.05) is 41.7 Å². The molecule has 0 bridgehead atoms. The van der Waals surface area contributed by atoms with E-state index in [9.17, 15) is 9.59 Å². The van der Waals surface area contributed by atoms with Crippen LogP contribution in [0.25, 0.3) is 6.08 Å². The fourth-order valence-electron chi connectivity index (χ4n) is 2.59. The minimum absolute atomic E-state index is 0.111. The van der Waals surface area contributed by atoms with Gasteiger partial charge in [0, 0.05) is 30.3 Å². The van der Waals surface area contributed by atoms with Crippen molar-refractivity contribution in [3.8, 4) is 0 Å². The van der Waals surface area contributed by atoms with Gasteiger partial charge in [-0.2, -0.15) is 5.10 Å². The summed E-state index contributed by atoms with van der Waals surface area (Å²) in [6.45, 7) is 4.05. The van der Waals surface area contributed by atoms with Crippen molar-refractivity contribution in [3.05, 3.63) is 50.7 Å². The minimum atomic E-state index is -0.366. The van der Waals surface area contributed by atoms with E-state index in [0.29, 0.717) is 45.1 Å². The number of amides is 2. The van der Waals surface area contributed by atoms with Gasteiger partial charge in [0.15, 0.2) is 0 Å². The van der Waals surface area contributed by atoms with Crippen LogP contribution in [0.1, 0.15) is 24.6 Å². The Morgan fingerprint density at radius 2 is 2.00 bits per heavy atom. The molecule has 0 fully saturated rings. The molecule has 0 spiro atoms. The largest absolute Gasteiger partial charge is 0.330 e. The van der Waals surface area contributed by atoms with Crippen molar-refractivity contribution in [1.82, 2.24) is 14.7 Å². The third kappa shape index (κ3) is 5.74. The number of benzene rings is 1. The molecular weight excluding hydrogens is 423 g/mol. The van der Waals surface area contributed by atoms with Crippen molar-refractivity contribution in [1.29, 1.82) is 0 Å². The summed E-state index contributed by atoms with van der Waals surface area (Å²) in [5.74, 6) is -0.663. The highest BCUT2D eigenvalue weighted by Gasteiger charge is 2.16. The molecule has 150 valence electrons. The Hall–Kier alpha value is -2.02. The molecule has 9 heteroatoms. The molecular formula is C19H21Cl3N4O2. The number of nitrogens with one attached hydrogen (secondary N) is 1. The van der Waals surface area contributed by atoms with E-state index in [1.165, 1.54) is 15.7 Å². The lowest BCUT2D eigenvalue weighted by Crippen LogP contribution is -2.37. The number of carbonyl (C=O) groups is 2. The summed E-state index contributed by atoms with van der Waals surface area (Å²) >= 11 is 18.2. The Labute approximate surface area is 179 Å². The fourth-order valence-corrected chi connectivity index (χ4v) is 3.16. The SMILES string of the molecule is CCCN(CC(=O)Nc1cc(Cl)ccc1Cl)C(=O)/C=C/c1c(C)nn(C)c1Cl. The average molecular weight is 444 g/mol. The van der Waals surface area contributed by atoms with Gasteiger partial charge in [0.2, 0.25) is 11.8 Å². The lowest BCUT2D eigenvalue weighted by atomic mass is 10.2. The standard InChI is InChI=1S/C19H21Cl3N4O2/c1-4-9-26(11-17(27)23-16-10-13(20)5-7-15(16)21)18(28)8-6-14-12(2)24-25(3)19(14)22/h5-8,10H,4,9,11H2,1-3H3,(H,23,27)/b8-6+. The second kappa shape index (κ2) is 9.96. The highest BCUT2D eigenvalue weighted by molar-refractivity contribution is 6.35. The quantitative estimate of drug-likeness (QED) is 0.637. The molecule has 0 saturated heterocycles. The normalized spacial score (nSPS) is 11.1. The molecule has 0 atom stereocenters. The van der Waals surface area contributed by atoms with Crippen LogP contribution in [-0.2, 0) is 16.6 Å². The Morgan fingerprint density at radius 3 is 2.61 bits per heavy atom. The molecule has 1 aromatic carbocycles. The van der Waals surface area contributed by atoms with Crippen LogP contribution in [0.4, 0.5) is 5.69 Å². The summed E-state index contributed by atoms with van der Waals surface area (Å²) in [4.78, 5) is 26.4. The van der Waals surface area contributed by atoms with Crippen LogP contribution < -0.4 is 5.32 Å². The Morgan fingerprint density at radius 1 is 1.29 bits per heavy atom. The van der Waals surface area contributed by atoms with Crippen molar-refractivity contribution in [3.63, 3.8) is 0 Å². The number of anilines is 1. The third-order valence-corrected chi connectivity index (χ3v) is 4.94. The molecule has 1 aromatic heterocycles. The lowest BCUT2D eigenvalue weighted by Gasteiger charge is -2.20. The van der Waals surface area contributed by atoms with Crippen molar-refractivity contribution in [2.24, 2.45) is 7.05 Å². The molecule has 2 aromatic rings. The van der Waals surface area contributed by atoms with E-state index < -0.39 is 0 Å². The monoisotopic (exact) mass is 442 g/mol. The average Bonchev–Trinajstić information content (AvgIpc) is 2.87. The van der Waals surface area contributed by atoms with Crippen LogP contribution in [0.2, 0.25) is 15.2 Å². The predicted octanol–water partition coefficient (Wildman–Crippen LogP) is 4.58. The number of halogens is 3. The van der Waals surface area contributed by atoms with E-state index in [1.54, 1.807) is 31.3 Å². The van der Waals surface area contributed by atoms with E-state index in [-0.39, 0.29) is 18.4 Å². The van der Waals surface area contributed by atoms with Crippen LogP contribution in [-0.4, -0.2) is 39.6 Å². The maximum Gasteiger partial charge on any atom is 0.247 e. The van der Waals surface area contributed by atoms with E-state index in [0.717, 1.165) is 0 Å². The van der Waals surface area contributed by atoms with Gasteiger partial charge < -0.3 is 10.2 Å². The van der Waals surface area contributed by atoms with E-state index in [1.807, 2.05) is 13.8 Å². The van der Waals surface area contributed by atoms with Crippen molar-refractivity contribution < 1.29 is 9.59 Å². The molecule has 1 heterocycles. The predicted molar refractivity (Wildman–Crippen MR) is 114 cm³/mol. The highest BCUT2D eigenvalue weighted by atomic mass is 35.5. The van der Waals surface area contributed by atoms with Gasteiger partial charge in [-0.25, -0.2) is 0 Å². The van der Waals surface area contributed by atoms with Crippen molar-refractivity contribution >= 4 is 58.4 Å². The molecule has 0 aliphatic heterocycles. The zero-order valence-corrected chi connectivity index (χ0v) is 18.1. The molecule has 0 aliphatic carbocycles. The number of carbonyl (C=O) groups excluding carboxylic acids is 2. The highest BCUT2D eigenvalue weighted by Crippen LogP contribution is 2.25. The van der Waals surface area contributed by atoms with E-state index >= 15 is 0 Å². The van der Waals surface area contributed by atoms with Crippen LogP contribution in [0.15, 0.2) is 24.3 Å². The Kier molecular flexibility index (Phi) is 7.92. The first-order valence-electron chi connectivity index (χ1n) is 8.64. The first-order chi connectivity index (χ1) is 13.2. The van der Waals surface area contributed by atoms with Gasteiger partial charge in [-0.15, -0.1) is 0 Å². The number of aromatic nitrogens is 2. The van der Waals surface area contributed by atoms with Crippen molar-refractivity contribution in [2.75, 3.05) is 18.4 Å². The van der Waals surface area contributed by atoms with Gasteiger partial charge in [-0.3, -0.25) is 14.3 Å². The van der Waals surface area contributed by atoms with Gasteiger partial charge in [0.05, 0.1) is 16.4 Å². The molecule has 1 N–H and O–H groups in total. The first kappa shape index (κ1) is 22.3. The molecule has 28 heavy (non-hydrogen) atoms. The van der Waals surface area contributed by atoms with Crippen LogP contribution in [0.5, 0.6) is 0 Å². The molecule has 6 nitrogen and oxygen atoms in total. The number of nitrogens with zero attached hydrogens (tertiary/aromatic N) is 3. The van der Waals surface area contributed by atoms with Gasteiger partial charge in [0.25, 0.3) is 0 Å². The molecule has 0 radical (unpaired) electrons. The van der Waals surface area contributed by atoms with Crippen LogP contribution in [0, 0.1) is 6.92 Å². The molecule has 2 rings (SSSR count). The Balaban J connectivity index is 2.09. The van der Waals surface area contributed by atoms with E-state index in [4.69, 9.17) is 34.8 Å². The summed E-state index contributed by atoms with van der Waals surface area (Å²) in [7, 11) is 1.73. The van der Waals surface area contributed by atoms with E-state index in [2.05, 4.69) is 10.4 Å². The van der Waals surface area contributed by atoms with Gasteiger partial charge in [0.1, 0.15) is 11.7 Å². The summed E-state index contributed by atoms with van der Waals surface area (Å²) < 4.78 is 1.53. The summed E-state index contributed by atoms with van der Waals surface area (Å²) in [5.41, 5.74) is 1.78. The topological polar surface area (TPSA) is 67.2 Å². The number of aryl methyl sites for hydroxylation is 2. The second-order valence-corrected chi connectivity index (χ2v) is 7.38. The fraction of sp³-hybridized carbons (Fsp3) is 0.316. The summed E-state index contributed by atoms with van der Waals surface area (Å²) in [5, 5.41) is 8.15. The van der Waals surface area contributed by atoms with Crippen molar-refractivity contribution in [2.45, 2.75) is 20.3 Å². The second-order valence-electron chi connectivity index (χ2n) is 6.18. The zero-order valence-electron chi connectivity index (χ0n) is 15.8. The van der Waals surface area contributed by atoms with Gasteiger partial charge in [-0.05, 0) is 37.6 Å². The Bertz CT molecular complexity index is 909. The van der Waals surface area contributed by atoms with Gasteiger partial charge >= 0.3 is 0 Å². The number of hydrogen-bond donors (Lipinski definition) is 1. The maximum atomic E-state index is 12.6. The first-order valence-corrected chi connectivity index (χ1v) is 9.77. The van der Waals surface area contributed by atoms with Crippen LogP contribution >= 0.6 is 34.8 Å². The molecule has 0 aliphatic rings. The smallest absolute Gasteiger partial charge is 0.247 e. The lowest BCUT2D eigenvalue weighted by molar-refractivity contribution is -0.130. The summed E-state index contributed by atoms with van der Waals surface area (Å²) in [6, 6.07) is 4.78.